The standard InChI is InChI=1S/C34H17N5S/c1-37-26-16-22(20-35)14-24(18-26)28-8-7-9-29(25-15-23(21-36)17-27(19-25)38-2)34(28)39-30-10-3-5-12-32(30)40-33-13-6-4-11-31(33)39/h3-19H. The third-order valence-electron chi connectivity index (χ3n) is 6.67. The van der Waals surface area contributed by atoms with Crippen LogP contribution in [0.25, 0.3) is 31.9 Å². The van der Waals surface area contributed by atoms with Gasteiger partial charge >= 0.3 is 0 Å². The van der Waals surface area contributed by atoms with Gasteiger partial charge in [-0.25, -0.2) is 9.69 Å². The maximum atomic E-state index is 9.73. The molecule has 5 aromatic rings. The lowest BCUT2D eigenvalue weighted by Gasteiger charge is -2.35. The Morgan fingerprint density at radius 1 is 0.600 bits per heavy atom. The van der Waals surface area contributed by atoms with Gasteiger partial charge in [0.25, 0.3) is 0 Å². The van der Waals surface area contributed by atoms with Crippen LogP contribution in [0.3, 0.4) is 0 Å². The summed E-state index contributed by atoms with van der Waals surface area (Å²) in [6, 6.07) is 37.0. The first-order valence-electron chi connectivity index (χ1n) is 12.3. The van der Waals surface area contributed by atoms with E-state index in [-0.39, 0.29) is 0 Å². The van der Waals surface area contributed by atoms with Crippen molar-refractivity contribution in [3.05, 3.63) is 137 Å². The van der Waals surface area contributed by atoms with E-state index < -0.39 is 0 Å². The van der Waals surface area contributed by atoms with Crippen LogP contribution in [-0.2, 0) is 0 Å². The average Bonchev–Trinajstić information content (AvgIpc) is 3.02. The molecule has 40 heavy (non-hydrogen) atoms. The molecule has 184 valence electrons. The summed E-state index contributed by atoms with van der Waals surface area (Å²) in [5, 5.41) is 19.5. The van der Waals surface area contributed by atoms with Gasteiger partial charge in [-0.15, -0.1) is 0 Å². The smallest absolute Gasteiger partial charge is 0.189 e. The van der Waals surface area contributed by atoms with Crippen LogP contribution in [0.1, 0.15) is 11.1 Å². The Hall–Kier alpha value is -5.79. The summed E-state index contributed by atoms with van der Waals surface area (Å²) in [7, 11) is 0. The topological polar surface area (TPSA) is 59.5 Å². The molecule has 0 bridgehead atoms. The highest BCUT2D eigenvalue weighted by Gasteiger charge is 2.29. The first-order chi connectivity index (χ1) is 19.6. The minimum absolute atomic E-state index is 0.377. The van der Waals surface area contributed by atoms with E-state index in [2.05, 4.69) is 51.0 Å². The summed E-state index contributed by atoms with van der Waals surface area (Å²) >= 11 is 1.70. The van der Waals surface area contributed by atoms with Gasteiger partial charge in [0.15, 0.2) is 11.4 Å². The van der Waals surface area contributed by atoms with Gasteiger partial charge in [-0.05, 0) is 71.8 Å². The van der Waals surface area contributed by atoms with Crippen molar-refractivity contribution in [1.29, 1.82) is 10.5 Å². The number of anilines is 3. The van der Waals surface area contributed by atoms with E-state index in [1.54, 1.807) is 48.2 Å². The molecule has 6 heteroatoms. The molecule has 1 aliphatic rings. The predicted molar refractivity (Wildman–Crippen MR) is 158 cm³/mol. The van der Waals surface area contributed by atoms with E-state index in [0.717, 1.165) is 49.1 Å². The van der Waals surface area contributed by atoms with Crippen LogP contribution in [0.5, 0.6) is 0 Å². The van der Waals surface area contributed by atoms with E-state index in [1.807, 2.05) is 42.5 Å². The van der Waals surface area contributed by atoms with Crippen molar-refractivity contribution in [2.45, 2.75) is 9.79 Å². The fourth-order valence-electron chi connectivity index (χ4n) is 4.99. The first kappa shape index (κ1) is 24.5. The molecule has 1 heterocycles. The van der Waals surface area contributed by atoms with Crippen LogP contribution < -0.4 is 4.90 Å². The molecule has 0 N–H and O–H groups in total. The molecule has 0 fully saturated rings. The van der Waals surface area contributed by atoms with Crippen LogP contribution in [0.4, 0.5) is 28.4 Å². The number of rotatable bonds is 3. The molecule has 0 spiro atoms. The third kappa shape index (κ3) is 4.22. The van der Waals surface area contributed by atoms with Gasteiger partial charge in [-0.2, -0.15) is 10.5 Å². The molecule has 0 saturated heterocycles. The van der Waals surface area contributed by atoms with Crippen molar-refractivity contribution in [2.24, 2.45) is 0 Å². The molecule has 5 aromatic carbocycles. The van der Waals surface area contributed by atoms with Crippen LogP contribution >= 0.6 is 11.8 Å². The maximum absolute atomic E-state index is 9.73. The quantitative estimate of drug-likeness (QED) is 0.215. The Morgan fingerprint density at radius 3 is 1.52 bits per heavy atom. The zero-order valence-electron chi connectivity index (χ0n) is 21.0. The van der Waals surface area contributed by atoms with Gasteiger partial charge < -0.3 is 4.90 Å². The van der Waals surface area contributed by atoms with Gasteiger partial charge in [-0.3, -0.25) is 0 Å². The minimum Gasteiger partial charge on any atom is -0.307 e. The van der Waals surface area contributed by atoms with Crippen LogP contribution in [-0.4, -0.2) is 0 Å². The van der Waals surface area contributed by atoms with E-state index in [1.165, 1.54) is 0 Å². The Labute approximate surface area is 236 Å². The fourth-order valence-corrected chi connectivity index (χ4v) is 6.05. The maximum Gasteiger partial charge on any atom is 0.189 e. The molecule has 6 rings (SSSR count). The summed E-state index contributed by atoms with van der Waals surface area (Å²) in [6.07, 6.45) is 0. The Kier molecular flexibility index (Phi) is 6.24. The molecule has 0 aromatic heterocycles. The average molecular weight is 528 g/mol. The minimum atomic E-state index is 0.377. The van der Waals surface area contributed by atoms with E-state index >= 15 is 0 Å². The highest BCUT2D eigenvalue weighted by atomic mass is 32.2. The molecule has 0 aliphatic carbocycles. The number of benzene rings is 5. The van der Waals surface area contributed by atoms with Crippen molar-refractivity contribution < 1.29 is 0 Å². The van der Waals surface area contributed by atoms with Gasteiger partial charge in [0.1, 0.15) is 0 Å². The molecular formula is C34H17N5S. The van der Waals surface area contributed by atoms with Crippen LogP contribution in [0, 0.1) is 35.8 Å². The number of hydrogen-bond donors (Lipinski definition) is 0. The van der Waals surface area contributed by atoms with Crippen LogP contribution in [0.2, 0.25) is 0 Å². The molecule has 0 radical (unpaired) electrons. The lowest BCUT2D eigenvalue weighted by atomic mass is 9.92. The summed E-state index contributed by atoms with van der Waals surface area (Å²) in [5.41, 5.74) is 7.48. The summed E-state index contributed by atoms with van der Waals surface area (Å²) in [4.78, 5) is 11.6. The zero-order valence-corrected chi connectivity index (χ0v) is 21.8. The molecule has 0 amide bonds. The molecule has 0 atom stereocenters. The van der Waals surface area contributed by atoms with Crippen molar-refractivity contribution in [1.82, 2.24) is 0 Å². The number of hydrogen-bond acceptors (Lipinski definition) is 4. The second-order valence-electron chi connectivity index (χ2n) is 9.06. The molecule has 0 saturated carbocycles. The summed E-state index contributed by atoms with van der Waals surface area (Å²) < 4.78 is 0. The van der Waals surface area contributed by atoms with Gasteiger partial charge in [0, 0.05) is 32.0 Å². The molecule has 1 aliphatic heterocycles. The zero-order chi connectivity index (χ0) is 27.6. The van der Waals surface area contributed by atoms with Crippen molar-refractivity contribution in [3.8, 4) is 34.4 Å². The lowest BCUT2D eigenvalue weighted by Crippen LogP contribution is -2.16. The monoisotopic (exact) mass is 527 g/mol. The van der Waals surface area contributed by atoms with Gasteiger partial charge in [-0.1, -0.05) is 54.2 Å². The largest absolute Gasteiger partial charge is 0.307 e. The summed E-state index contributed by atoms with van der Waals surface area (Å²) in [6.45, 7) is 15.3. The lowest BCUT2D eigenvalue weighted by molar-refractivity contribution is 1.17. The summed E-state index contributed by atoms with van der Waals surface area (Å²) in [5.74, 6) is 0. The number of para-hydroxylation sites is 3. The number of fused-ring (bicyclic) bond motifs is 2. The Morgan fingerprint density at radius 2 is 1.07 bits per heavy atom. The molecule has 5 nitrogen and oxygen atoms in total. The van der Waals surface area contributed by atoms with Crippen molar-refractivity contribution >= 4 is 40.2 Å². The van der Waals surface area contributed by atoms with Gasteiger partial charge in [0.2, 0.25) is 0 Å². The first-order valence-corrected chi connectivity index (χ1v) is 13.1. The van der Waals surface area contributed by atoms with Gasteiger partial charge in [0.05, 0.1) is 42.3 Å². The van der Waals surface area contributed by atoms with E-state index in [9.17, 15) is 10.5 Å². The highest BCUT2D eigenvalue weighted by molar-refractivity contribution is 7.99. The predicted octanol–water partition coefficient (Wildman–Crippen LogP) is 9.80. The second-order valence-corrected chi connectivity index (χ2v) is 10.1. The SMILES string of the molecule is [C-]#[N+]c1cc(C#N)cc(-c2cccc(-c3cc(C#N)cc([N+]#[C-])c3)c2N2c3ccccc3Sc3ccccc32)c1. The van der Waals surface area contributed by atoms with E-state index in [0.29, 0.717) is 22.5 Å². The number of nitriles is 2. The van der Waals surface area contributed by atoms with Crippen molar-refractivity contribution in [2.75, 3.05) is 4.90 Å². The fraction of sp³-hybridized carbons (Fsp3) is 0. The Balaban J connectivity index is 1.75. The third-order valence-corrected chi connectivity index (χ3v) is 7.80. The molecule has 0 unspecified atom stereocenters. The van der Waals surface area contributed by atoms with Crippen molar-refractivity contribution in [3.63, 3.8) is 0 Å². The highest BCUT2D eigenvalue weighted by Crippen LogP contribution is 2.55. The normalized spacial score (nSPS) is 11.2. The Bertz CT molecular complexity index is 1800. The molecular weight excluding hydrogens is 510 g/mol. The number of nitrogens with zero attached hydrogens (tertiary/aromatic N) is 5. The second kappa shape index (κ2) is 10.2. The van der Waals surface area contributed by atoms with E-state index in [4.69, 9.17) is 13.1 Å². The van der Waals surface area contributed by atoms with Crippen LogP contribution in [0.15, 0.2) is 113 Å².